The Morgan fingerprint density at radius 1 is 1.00 bits per heavy atom. The van der Waals surface area contributed by atoms with Gasteiger partial charge in [-0.15, -0.1) is 0 Å². The number of nitrogens with one attached hydrogen (secondary N) is 1. The molecule has 268 valence electrons. The van der Waals surface area contributed by atoms with Gasteiger partial charge in [0.1, 0.15) is 61.0 Å². The zero-order chi connectivity index (χ0) is 34.7. The van der Waals surface area contributed by atoms with Crippen LogP contribution in [0.15, 0.2) is 0 Å². The fourth-order valence-corrected chi connectivity index (χ4v) is 5.53. The Labute approximate surface area is 289 Å². The van der Waals surface area contributed by atoms with Crippen molar-refractivity contribution in [2.75, 3.05) is 19.8 Å². The van der Waals surface area contributed by atoms with Crippen LogP contribution in [0.4, 0.5) is 0 Å². The number of hydrogen-bond donors (Lipinski definition) is 10. The van der Waals surface area contributed by atoms with E-state index in [1.54, 1.807) is 0 Å². The molecule has 0 saturated carbocycles. The molecule has 0 radical (unpaired) electrons. The molecule has 0 spiro atoms. The van der Waals surface area contributed by atoms with Crippen LogP contribution < -0.4 is 40.6 Å². The predicted octanol–water partition coefficient (Wildman–Crippen LogP) is -10.7. The van der Waals surface area contributed by atoms with Crippen molar-refractivity contribution in [1.29, 1.82) is 0 Å². The molecule has 3 heterocycles. The quantitative estimate of drug-likeness (QED) is 0.0294. The Bertz CT molecular complexity index is 1160. The number of carbonyl (C=O) groups is 2. The molecule has 0 aliphatic carbocycles. The van der Waals surface area contributed by atoms with Gasteiger partial charge in [-0.3, -0.25) is 13.8 Å². The summed E-state index contributed by atoms with van der Waals surface area (Å²) in [5.74, 6) is -2.39. The van der Waals surface area contributed by atoms with Gasteiger partial charge in [0.05, 0.1) is 25.9 Å². The molecule has 24 heteroatoms. The van der Waals surface area contributed by atoms with Gasteiger partial charge in [0.15, 0.2) is 12.6 Å². The Morgan fingerprint density at radius 2 is 1.62 bits per heavy atom. The van der Waals surface area contributed by atoms with Gasteiger partial charge in [-0.1, -0.05) is 0 Å². The second kappa shape index (κ2) is 17.5. The van der Waals surface area contributed by atoms with E-state index in [4.69, 9.17) is 34.2 Å². The van der Waals surface area contributed by atoms with E-state index < -0.39 is 140 Å². The van der Waals surface area contributed by atoms with Gasteiger partial charge in [-0.2, -0.15) is 0 Å². The van der Waals surface area contributed by atoms with Gasteiger partial charge >= 0.3 is 35.5 Å². The van der Waals surface area contributed by atoms with Gasteiger partial charge in [-0.25, -0.2) is 8.42 Å². The largest absolute Gasteiger partial charge is 1.00 e. The van der Waals surface area contributed by atoms with E-state index in [1.807, 2.05) is 5.32 Å². The normalized spacial score (nSPS) is 41.7. The summed E-state index contributed by atoms with van der Waals surface area (Å²) in [5, 5.41) is 84.5. The number of nitrogens with two attached hydrogens (primary N) is 1. The van der Waals surface area contributed by atoms with Crippen molar-refractivity contribution in [1.82, 2.24) is 5.32 Å². The summed E-state index contributed by atoms with van der Waals surface area (Å²) in [4.78, 5) is 24.8. The Morgan fingerprint density at radius 3 is 2.15 bits per heavy atom. The fourth-order valence-electron chi connectivity index (χ4n) is 5.03. The van der Waals surface area contributed by atoms with Crippen LogP contribution in [0.25, 0.3) is 0 Å². The first-order valence-electron chi connectivity index (χ1n) is 13.8. The van der Waals surface area contributed by atoms with Crippen molar-refractivity contribution < 1.29 is 126 Å². The second-order valence-electron chi connectivity index (χ2n) is 10.8. The third kappa shape index (κ3) is 10.2. The number of rotatable bonds is 12. The van der Waals surface area contributed by atoms with Crippen molar-refractivity contribution in [3.8, 4) is 0 Å². The van der Waals surface area contributed by atoms with Crippen molar-refractivity contribution in [2.24, 2.45) is 5.73 Å². The first kappa shape index (κ1) is 42.4. The molecule has 0 aromatic rings. The van der Waals surface area contributed by atoms with Gasteiger partial charge in [0, 0.05) is 13.3 Å². The average Bonchev–Trinajstić information content (AvgIpc) is 2.97. The monoisotopic (exact) mass is 718 g/mol. The van der Waals surface area contributed by atoms with Crippen LogP contribution >= 0.6 is 0 Å². The standard InChI is InChI=1S/C23H40N2O20S.Na/c1-7-14(30)16(32)17(33)21(39-7)43-19-18(42-13-3-10(45-46(36,37)38)15(31)11(5-27)40-13)12(6-28)41-22(23(19,35)25-8(2)29)44-20(34)9(24)4-26;/h7,9-19,21-22,26-28,30-33,35H,3-6,24H2,1-2H3,(H,25,29)(H,36,37,38);/q;+1/p-1/t7-,9-,10+,11+,12+,13-,14+,15+,16+,17-,18+,19-,21-,22-,23+;/m0./s1. The summed E-state index contributed by atoms with van der Waals surface area (Å²) in [6.45, 7) is -0.743. The molecule has 3 aliphatic heterocycles. The SMILES string of the molecule is CC(=O)N[C@]1(O)[C@H](OC(=O)[C@@H](N)CO)O[C@H](CO)[C@@H](O[C@H]2C[C@@H](OS(=O)(=O)[O-])[C@@H](O)[C@@H](CO)O2)[C@@H]1O[C@@H]1O[C@@H](C)[C@@H](O)[C@@H](O)[C@@H]1O.[Na+]. The van der Waals surface area contributed by atoms with Gasteiger partial charge in [0.25, 0.3) is 6.29 Å². The predicted molar refractivity (Wildman–Crippen MR) is 139 cm³/mol. The third-order valence-electron chi connectivity index (χ3n) is 7.37. The summed E-state index contributed by atoms with van der Waals surface area (Å²) in [5.41, 5.74) is 2.43. The molecule has 11 N–H and O–H groups in total. The van der Waals surface area contributed by atoms with E-state index in [2.05, 4.69) is 4.18 Å². The molecule has 3 saturated heterocycles. The summed E-state index contributed by atoms with van der Waals surface area (Å²) in [7, 11) is -5.42. The van der Waals surface area contributed by atoms with Crippen LogP contribution in [0, 0.1) is 0 Å². The van der Waals surface area contributed by atoms with Crippen molar-refractivity contribution in [2.45, 2.75) is 112 Å². The molecular formula is C23H39N2NaO20S. The van der Waals surface area contributed by atoms with Crippen LogP contribution in [0.2, 0.25) is 0 Å². The molecule has 22 nitrogen and oxygen atoms in total. The Hall–Kier alpha value is -0.750. The summed E-state index contributed by atoms with van der Waals surface area (Å²) in [6.07, 6.45) is -24.7. The van der Waals surface area contributed by atoms with Gasteiger partial charge < -0.3 is 84.9 Å². The van der Waals surface area contributed by atoms with E-state index in [9.17, 15) is 63.4 Å². The number of hydrogen-bond acceptors (Lipinski definition) is 21. The average molecular weight is 719 g/mol. The number of aliphatic hydroxyl groups excluding tert-OH is 7. The van der Waals surface area contributed by atoms with Crippen molar-refractivity contribution >= 4 is 22.3 Å². The molecule has 3 rings (SSSR count). The molecule has 47 heavy (non-hydrogen) atoms. The summed E-state index contributed by atoms with van der Waals surface area (Å²) in [6, 6.07) is -1.68. The summed E-state index contributed by atoms with van der Waals surface area (Å²) >= 11 is 0. The van der Waals surface area contributed by atoms with Crippen LogP contribution in [0.1, 0.15) is 20.3 Å². The molecule has 0 aromatic heterocycles. The molecule has 1 amide bonds. The minimum absolute atomic E-state index is 0. The van der Waals surface area contributed by atoms with E-state index in [0.29, 0.717) is 0 Å². The number of esters is 1. The number of carbonyl (C=O) groups excluding carboxylic acids is 2. The topological polar surface area (TPSA) is 356 Å². The van der Waals surface area contributed by atoms with Crippen LogP contribution in [-0.2, 0) is 52.6 Å². The van der Waals surface area contributed by atoms with Crippen LogP contribution in [0.3, 0.4) is 0 Å². The number of aliphatic hydroxyl groups is 8. The molecule has 3 aliphatic rings. The van der Waals surface area contributed by atoms with Gasteiger partial charge in [-0.05, 0) is 6.92 Å². The molecule has 15 atom stereocenters. The Balaban J connectivity index is 0.00000768. The maximum absolute atomic E-state index is 12.5. The maximum Gasteiger partial charge on any atom is 1.00 e. The fraction of sp³-hybridized carbons (Fsp3) is 0.913. The van der Waals surface area contributed by atoms with Crippen LogP contribution in [0.5, 0.6) is 0 Å². The van der Waals surface area contributed by atoms with E-state index in [0.717, 1.165) is 6.92 Å². The smallest absolute Gasteiger partial charge is 0.726 e. The molecule has 0 unspecified atom stereocenters. The van der Waals surface area contributed by atoms with Crippen molar-refractivity contribution in [3.05, 3.63) is 0 Å². The summed E-state index contributed by atoms with van der Waals surface area (Å²) < 4.78 is 71.3. The molecular weight excluding hydrogens is 679 g/mol. The van der Waals surface area contributed by atoms with Gasteiger partial charge in [0.2, 0.25) is 22.0 Å². The van der Waals surface area contributed by atoms with E-state index in [-0.39, 0.29) is 29.6 Å². The molecule has 3 fully saturated rings. The maximum atomic E-state index is 12.5. The first-order chi connectivity index (χ1) is 21.4. The second-order valence-corrected chi connectivity index (χ2v) is 11.8. The number of amides is 1. The molecule has 0 aromatic carbocycles. The van der Waals surface area contributed by atoms with E-state index >= 15 is 0 Å². The van der Waals surface area contributed by atoms with Crippen molar-refractivity contribution in [3.63, 3.8) is 0 Å². The first-order valence-corrected chi connectivity index (χ1v) is 15.1. The minimum atomic E-state index is -5.42. The van der Waals surface area contributed by atoms with E-state index in [1.165, 1.54) is 6.92 Å². The molecule has 0 bridgehead atoms. The minimum Gasteiger partial charge on any atom is -0.726 e. The van der Waals surface area contributed by atoms with Crippen LogP contribution in [-0.4, -0.2) is 177 Å². The third-order valence-corrected chi connectivity index (χ3v) is 7.85. The Kier molecular flexibility index (Phi) is 15.8. The number of ether oxygens (including phenoxy) is 6. The zero-order valence-electron chi connectivity index (χ0n) is 25.4. The zero-order valence-corrected chi connectivity index (χ0v) is 28.2.